The number of amides is 1. The van der Waals surface area contributed by atoms with E-state index in [0.29, 0.717) is 13.1 Å². The summed E-state index contributed by atoms with van der Waals surface area (Å²) >= 11 is 1.72. The first kappa shape index (κ1) is 17.8. The molecule has 0 unspecified atom stereocenters. The standard InChI is InChI=1S/C20H24N2O2S/c23-19(21-11-8-18-7-4-14-25-18)15-22-12-9-17(10-13-22)20(24)16-5-2-1-3-6-16/h1-7,14,17H,8-13,15H2,(H,21,23). The van der Waals surface area contributed by atoms with Crippen LogP contribution < -0.4 is 5.32 Å². The minimum Gasteiger partial charge on any atom is -0.355 e. The molecule has 4 nitrogen and oxygen atoms in total. The number of nitrogens with one attached hydrogen (secondary N) is 1. The van der Waals surface area contributed by atoms with Crippen LogP contribution in [0.3, 0.4) is 0 Å². The number of nitrogens with zero attached hydrogens (tertiary/aromatic N) is 1. The predicted molar refractivity (Wildman–Crippen MR) is 101 cm³/mol. The van der Waals surface area contributed by atoms with Crippen LogP contribution in [0.2, 0.25) is 0 Å². The summed E-state index contributed by atoms with van der Waals surface area (Å²) in [7, 11) is 0. The van der Waals surface area contributed by atoms with Crippen molar-refractivity contribution >= 4 is 23.0 Å². The first-order valence-electron chi connectivity index (χ1n) is 8.83. The Hall–Kier alpha value is -1.98. The maximum Gasteiger partial charge on any atom is 0.234 e. The lowest BCUT2D eigenvalue weighted by Gasteiger charge is -2.30. The van der Waals surface area contributed by atoms with Crippen LogP contribution in [0.4, 0.5) is 0 Å². The van der Waals surface area contributed by atoms with Crippen molar-refractivity contribution in [3.05, 3.63) is 58.3 Å². The molecule has 3 rings (SSSR count). The summed E-state index contributed by atoms with van der Waals surface area (Å²) in [5.41, 5.74) is 0.798. The van der Waals surface area contributed by atoms with E-state index in [1.54, 1.807) is 11.3 Å². The van der Waals surface area contributed by atoms with Crippen molar-refractivity contribution in [1.29, 1.82) is 0 Å². The summed E-state index contributed by atoms with van der Waals surface area (Å²) < 4.78 is 0. The molecular weight excluding hydrogens is 332 g/mol. The molecule has 0 aliphatic carbocycles. The average Bonchev–Trinajstić information content (AvgIpc) is 3.16. The van der Waals surface area contributed by atoms with Crippen LogP contribution in [-0.4, -0.2) is 42.8 Å². The minimum absolute atomic E-state index is 0.0735. The van der Waals surface area contributed by atoms with Gasteiger partial charge in [0, 0.05) is 22.9 Å². The van der Waals surface area contributed by atoms with Crippen molar-refractivity contribution in [3.63, 3.8) is 0 Å². The van der Waals surface area contributed by atoms with Gasteiger partial charge in [0.25, 0.3) is 0 Å². The number of thiophene rings is 1. The lowest BCUT2D eigenvalue weighted by molar-refractivity contribution is -0.122. The average molecular weight is 356 g/mol. The maximum absolute atomic E-state index is 12.5. The SMILES string of the molecule is O=C(CN1CCC(C(=O)c2ccccc2)CC1)NCCc1cccs1. The minimum atomic E-state index is 0.0735. The third kappa shape index (κ3) is 5.25. The second-order valence-corrected chi connectivity index (χ2v) is 7.49. The fourth-order valence-corrected chi connectivity index (χ4v) is 3.94. The van der Waals surface area contributed by atoms with Gasteiger partial charge in [-0.25, -0.2) is 0 Å². The van der Waals surface area contributed by atoms with E-state index in [-0.39, 0.29) is 17.6 Å². The highest BCUT2D eigenvalue weighted by Crippen LogP contribution is 2.21. The molecule has 0 radical (unpaired) electrons. The van der Waals surface area contributed by atoms with Gasteiger partial charge in [-0.3, -0.25) is 14.5 Å². The molecule has 0 bridgehead atoms. The number of carbonyl (C=O) groups excluding carboxylic acids is 2. The lowest BCUT2D eigenvalue weighted by Crippen LogP contribution is -2.43. The molecule has 25 heavy (non-hydrogen) atoms. The Balaban J connectivity index is 1.37. The van der Waals surface area contributed by atoms with Crippen molar-refractivity contribution < 1.29 is 9.59 Å². The number of piperidine rings is 1. The smallest absolute Gasteiger partial charge is 0.234 e. The number of hydrogen-bond acceptors (Lipinski definition) is 4. The number of likely N-dealkylation sites (tertiary alicyclic amines) is 1. The largest absolute Gasteiger partial charge is 0.355 e. The molecule has 2 heterocycles. The molecule has 0 spiro atoms. The van der Waals surface area contributed by atoms with Crippen LogP contribution in [0.1, 0.15) is 28.1 Å². The Labute approximate surface area is 152 Å². The van der Waals surface area contributed by atoms with E-state index in [2.05, 4.69) is 21.7 Å². The van der Waals surface area contributed by atoms with E-state index in [0.717, 1.165) is 37.9 Å². The highest BCUT2D eigenvalue weighted by Gasteiger charge is 2.26. The number of rotatable bonds is 7. The first-order chi connectivity index (χ1) is 12.2. The van der Waals surface area contributed by atoms with Crippen molar-refractivity contribution in [3.8, 4) is 0 Å². The number of Topliss-reactive ketones (excluding diaryl/α,β-unsaturated/α-hetero) is 1. The molecular formula is C20H24N2O2S. The van der Waals surface area contributed by atoms with Gasteiger partial charge in [-0.05, 0) is 43.8 Å². The maximum atomic E-state index is 12.5. The van der Waals surface area contributed by atoms with Crippen molar-refractivity contribution in [2.75, 3.05) is 26.2 Å². The molecule has 5 heteroatoms. The topological polar surface area (TPSA) is 49.4 Å². The predicted octanol–water partition coefficient (Wildman–Crippen LogP) is 3.00. The molecule has 1 aromatic carbocycles. The van der Waals surface area contributed by atoms with Gasteiger partial charge in [0.1, 0.15) is 0 Å². The first-order valence-corrected chi connectivity index (χ1v) is 9.71. The van der Waals surface area contributed by atoms with Crippen LogP contribution >= 0.6 is 11.3 Å². The molecule has 0 saturated carbocycles. The van der Waals surface area contributed by atoms with Gasteiger partial charge < -0.3 is 5.32 Å². The quantitative estimate of drug-likeness (QED) is 0.776. The van der Waals surface area contributed by atoms with E-state index in [9.17, 15) is 9.59 Å². The zero-order chi connectivity index (χ0) is 17.5. The number of hydrogen-bond donors (Lipinski definition) is 1. The van der Waals surface area contributed by atoms with E-state index >= 15 is 0 Å². The molecule has 2 aromatic rings. The third-order valence-corrected chi connectivity index (χ3v) is 5.59. The lowest BCUT2D eigenvalue weighted by atomic mass is 9.89. The fraction of sp³-hybridized carbons (Fsp3) is 0.400. The van der Waals surface area contributed by atoms with Crippen LogP contribution in [0.15, 0.2) is 47.8 Å². The number of benzene rings is 1. The number of carbonyl (C=O) groups is 2. The Kier molecular flexibility index (Phi) is 6.36. The molecule has 132 valence electrons. The van der Waals surface area contributed by atoms with Gasteiger partial charge in [0.05, 0.1) is 6.54 Å². The summed E-state index contributed by atoms with van der Waals surface area (Å²) in [5, 5.41) is 5.04. The highest BCUT2D eigenvalue weighted by molar-refractivity contribution is 7.09. The summed E-state index contributed by atoms with van der Waals surface area (Å²) in [6.45, 7) is 2.72. The summed E-state index contributed by atoms with van der Waals surface area (Å²) in [6, 6.07) is 13.6. The molecule has 1 N–H and O–H groups in total. The van der Waals surface area contributed by atoms with E-state index < -0.39 is 0 Å². The molecule has 1 amide bonds. The van der Waals surface area contributed by atoms with Gasteiger partial charge in [0.2, 0.25) is 5.91 Å². The van der Waals surface area contributed by atoms with Gasteiger partial charge in [-0.15, -0.1) is 11.3 Å². The molecule has 1 aliphatic rings. The summed E-state index contributed by atoms with van der Waals surface area (Å²) in [6.07, 6.45) is 2.55. The third-order valence-electron chi connectivity index (χ3n) is 4.66. The fourth-order valence-electron chi connectivity index (χ4n) is 3.23. The van der Waals surface area contributed by atoms with Crippen LogP contribution in [0.25, 0.3) is 0 Å². The Bertz CT molecular complexity index is 677. The number of ketones is 1. The van der Waals surface area contributed by atoms with Crippen molar-refractivity contribution in [2.45, 2.75) is 19.3 Å². The van der Waals surface area contributed by atoms with Crippen LogP contribution in [0.5, 0.6) is 0 Å². The molecule has 1 fully saturated rings. The highest BCUT2D eigenvalue weighted by atomic mass is 32.1. The van der Waals surface area contributed by atoms with Crippen LogP contribution in [-0.2, 0) is 11.2 Å². The van der Waals surface area contributed by atoms with Gasteiger partial charge >= 0.3 is 0 Å². The van der Waals surface area contributed by atoms with Gasteiger partial charge in [-0.2, -0.15) is 0 Å². The summed E-state index contributed by atoms with van der Waals surface area (Å²) in [4.78, 5) is 28.0. The molecule has 0 atom stereocenters. The normalized spacial score (nSPS) is 15.8. The zero-order valence-electron chi connectivity index (χ0n) is 14.3. The Morgan fingerprint density at radius 3 is 2.52 bits per heavy atom. The van der Waals surface area contributed by atoms with Crippen LogP contribution in [0, 0.1) is 5.92 Å². The Morgan fingerprint density at radius 1 is 1.08 bits per heavy atom. The van der Waals surface area contributed by atoms with Gasteiger partial charge in [-0.1, -0.05) is 36.4 Å². The molecule has 1 aliphatic heterocycles. The summed E-state index contributed by atoms with van der Waals surface area (Å²) in [5.74, 6) is 0.394. The second-order valence-electron chi connectivity index (χ2n) is 6.46. The zero-order valence-corrected chi connectivity index (χ0v) is 15.1. The Morgan fingerprint density at radius 2 is 1.84 bits per heavy atom. The molecule has 1 saturated heterocycles. The van der Waals surface area contributed by atoms with Crippen molar-refractivity contribution in [1.82, 2.24) is 10.2 Å². The van der Waals surface area contributed by atoms with Crippen molar-refractivity contribution in [2.24, 2.45) is 5.92 Å². The van der Waals surface area contributed by atoms with Gasteiger partial charge in [0.15, 0.2) is 5.78 Å². The monoisotopic (exact) mass is 356 g/mol. The van der Waals surface area contributed by atoms with E-state index in [1.165, 1.54) is 4.88 Å². The van der Waals surface area contributed by atoms with E-state index in [1.807, 2.05) is 36.4 Å². The molecule has 1 aromatic heterocycles. The van der Waals surface area contributed by atoms with E-state index in [4.69, 9.17) is 0 Å². The second kappa shape index (κ2) is 8.92.